The minimum absolute atomic E-state index is 0.0137. The Morgan fingerprint density at radius 1 is 1.40 bits per heavy atom. The highest BCUT2D eigenvalue weighted by Gasteiger charge is 2.16. The normalized spacial score (nSPS) is 11.9. The van der Waals surface area contributed by atoms with Gasteiger partial charge in [-0.2, -0.15) is 0 Å². The number of hydrogen-bond acceptors (Lipinski definition) is 5. The topological polar surface area (TPSA) is 85.5 Å². The molecule has 0 radical (unpaired) electrons. The summed E-state index contributed by atoms with van der Waals surface area (Å²) in [6.45, 7) is 1.61. The molecule has 0 aliphatic heterocycles. The van der Waals surface area contributed by atoms with E-state index in [0.29, 0.717) is 10.6 Å². The van der Waals surface area contributed by atoms with Crippen LogP contribution in [0.15, 0.2) is 36.5 Å². The summed E-state index contributed by atoms with van der Waals surface area (Å²) in [4.78, 5) is 14.3. The number of rotatable bonds is 4. The van der Waals surface area contributed by atoms with E-state index in [1.54, 1.807) is 13.0 Å². The van der Waals surface area contributed by atoms with Crippen LogP contribution >= 0.6 is 11.6 Å². The van der Waals surface area contributed by atoms with Gasteiger partial charge in [0.15, 0.2) is 0 Å². The lowest BCUT2D eigenvalue weighted by atomic mass is 10.2. The van der Waals surface area contributed by atoms with Crippen molar-refractivity contribution in [2.24, 2.45) is 0 Å². The number of aliphatic hydroxyl groups is 1. The van der Waals surface area contributed by atoms with E-state index in [1.807, 2.05) is 0 Å². The van der Waals surface area contributed by atoms with Gasteiger partial charge in [0.2, 0.25) is 11.6 Å². The number of nitro groups is 1. The number of aromatic nitrogens is 1. The first-order valence-electron chi connectivity index (χ1n) is 5.73. The largest absolute Gasteiger partial charge is 0.432 e. The summed E-state index contributed by atoms with van der Waals surface area (Å²) in [5, 5.41) is 20.6. The zero-order chi connectivity index (χ0) is 14.7. The number of pyridine rings is 1. The first kappa shape index (κ1) is 14.2. The Hall–Kier alpha value is -2.18. The van der Waals surface area contributed by atoms with Crippen LogP contribution in [-0.2, 0) is 0 Å². The fourth-order valence-electron chi connectivity index (χ4n) is 1.53. The Morgan fingerprint density at radius 2 is 2.15 bits per heavy atom. The second kappa shape index (κ2) is 5.85. The summed E-state index contributed by atoms with van der Waals surface area (Å²) in [7, 11) is 0. The summed E-state index contributed by atoms with van der Waals surface area (Å²) < 4.78 is 5.37. The van der Waals surface area contributed by atoms with Crippen molar-refractivity contribution in [2.75, 3.05) is 0 Å². The molecule has 20 heavy (non-hydrogen) atoms. The average molecular weight is 295 g/mol. The van der Waals surface area contributed by atoms with Crippen molar-refractivity contribution in [3.63, 3.8) is 0 Å². The fraction of sp³-hybridized carbons (Fsp3) is 0.154. The Morgan fingerprint density at radius 3 is 2.70 bits per heavy atom. The molecule has 1 aromatic heterocycles. The summed E-state index contributed by atoms with van der Waals surface area (Å²) in [5.74, 6) is 0.194. The first-order valence-corrected chi connectivity index (χ1v) is 6.11. The van der Waals surface area contributed by atoms with Gasteiger partial charge < -0.3 is 9.84 Å². The molecule has 104 valence electrons. The van der Waals surface area contributed by atoms with Gasteiger partial charge in [-0.1, -0.05) is 11.6 Å². The van der Waals surface area contributed by atoms with Crippen LogP contribution in [0, 0.1) is 10.1 Å². The van der Waals surface area contributed by atoms with E-state index < -0.39 is 11.0 Å². The molecule has 1 N–H and O–H groups in total. The van der Waals surface area contributed by atoms with Gasteiger partial charge in [-0.3, -0.25) is 10.1 Å². The second-order valence-electron chi connectivity index (χ2n) is 4.08. The zero-order valence-corrected chi connectivity index (χ0v) is 11.2. The SMILES string of the molecule is CC(O)c1ccc(Oc2cc(Cl)ccc2[N+](=O)[O-])nc1. The number of halogens is 1. The summed E-state index contributed by atoms with van der Waals surface area (Å²) in [6.07, 6.45) is 0.799. The molecule has 1 unspecified atom stereocenters. The molecule has 1 atom stereocenters. The van der Waals surface area contributed by atoms with Crippen LogP contribution in [0.5, 0.6) is 11.6 Å². The summed E-state index contributed by atoms with van der Waals surface area (Å²) in [5.41, 5.74) is 0.425. The molecule has 0 aliphatic carbocycles. The molecule has 1 heterocycles. The number of nitrogens with zero attached hydrogens (tertiary/aromatic N) is 2. The number of ether oxygens (including phenoxy) is 1. The smallest absolute Gasteiger partial charge is 0.311 e. The molecule has 0 fully saturated rings. The highest BCUT2D eigenvalue weighted by molar-refractivity contribution is 6.30. The van der Waals surface area contributed by atoms with Crippen LogP contribution in [0.4, 0.5) is 5.69 Å². The molecule has 2 rings (SSSR count). The van der Waals surface area contributed by atoms with Crippen molar-refractivity contribution >= 4 is 17.3 Å². The van der Waals surface area contributed by atoms with Crippen LogP contribution in [0.25, 0.3) is 0 Å². The van der Waals surface area contributed by atoms with Gasteiger partial charge in [0.05, 0.1) is 11.0 Å². The molecule has 2 aromatic rings. The van der Waals surface area contributed by atoms with Crippen LogP contribution in [0.1, 0.15) is 18.6 Å². The minimum atomic E-state index is -0.642. The fourth-order valence-corrected chi connectivity index (χ4v) is 1.69. The van der Waals surface area contributed by atoms with Gasteiger partial charge in [0.1, 0.15) is 0 Å². The van der Waals surface area contributed by atoms with Crippen molar-refractivity contribution in [3.8, 4) is 11.6 Å². The average Bonchev–Trinajstić information content (AvgIpc) is 2.39. The molecule has 0 bridgehead atoms. The van der Waals surface area contributed by atoms with E-state index in [4.69, 9.17) is 16.3 Å². The van der Waals surface area contributed by atoms with Crippen LogP contribution in [0.3, 0.4) is 0 Å². The van der Waals surface area contributed by atoms with E-state index >= 15 is 0 Å². The van der Waals surface area contributed by atoms with Crippen molar-refractivity contribution in [1.82, 2.24) is 4.98 Å². The Balaban J connectivity index is 2.29. The van der Waals surface area contributed by atoms with Crippen LogP contribution < -0.4 is 4.74 Å². The predicted molar refractivity (Wildman–Crippen MR) is 73.1 cm³/mol. The van der Waals surface area contributed by atoms with Gasteiger partial charge in [-0.25, -0.2) is 4.98 Å². The zero-order valence-electron chi connectivity index (χ0n) is 10.5. The maximum atomic E-state index is 10.9. The third-order valence-corrected chi connectivity index (χ3v) is 2.81. The predicted octanol–water partition coefficient (Wildman–Crippen LogP) is 3.49. The van der Waals surface area contributed by atoms with Crippen LogP contribution in [-0.4, -0.2) is 15.0 Å². The molecule has 7 heteroatoms. The van der Waals surface area contributed by atoms with Gasteiger partial charge in [0, 0.05) is 29.4 Å². The summed E-state index contributed by atoms with van der Waals surface area (Å²) >= 11 is 5.80. The van der Waals surface area contributed by atoms with Crippen molar-refractivity contribution in [3.05, 3.63) is 57.2 Å². The minimum Gasteiger partial charge on any atom is -0.432 e. The highest BCUT2D eigenvalue weighted by atomic mass is 35.5. The monoisotopic (exact) mass is 294 g/mol. The molecule has 0 spiro atoms. The second-order valence-corrected chi connectivity index (χ2v) is 4.51. The molecule has 0 saturated carbocycles. The molecule has 0 aliphatic rings. The standard InChI is InChI=1S/C13H11ClN2O4/c1-8(17)9-2-5-13(15-7-9)20-12-6-10(14)3-4-11(12)16(18)19/h2-8,17H,1H3. The van der Waals surface area contributed by atoms with Crippen molar-refractivity contribution in [1.29, 1.82) is 0 Å². The molecule has 6 nitrogen and oxygen atoms in total. The number of benzene rings is 1. The Labute approximate surface area is 119 Å². The van der Waals surface area contributed by atoms with Gasteiger partial charge >= 0.3 is 5.69 Å². The highest BCUT2D eigenvalue weighted by Crippen LogP contribution is 2.33. The number of hydrogen-bond donors (Lipinski definition) is 1. The van der Waals surface area contributed by atoms with E-state index in [-0.39, 0.29) is 17.3 Å². The molecular formula is C13H11ClN2O4. The lowest BCUT2D eigenvalue weighted by molar-refractivity contribution is -0.385. The maximum absolute atomic E-state index is 10.9. The Bertz CT molecular complexity index is 629. The van der Waals surface area contributed by atoms with E-state index in [9.17, 15) is 15.2 Å². The lowest BCUT2D eigenvalue weighted by Gasteiger charge is -2.07. The molecule has 0 saturated heterocycles. The van der Waals surface area contributed by atoms with Gasteiger partial charge in [0.25, 0.3) is 0 Å². The third-order valence-electron chi connectivity index (χ3n) is 2.57. The van der Waals surface area contributed by atoms with Crippen molar-refractivity contribution in [2.45, 2.75) is 13.0 Å². The van der Waals surface area contributed by atoms with E-state index in [0.717, 1.165) is 0 Å². The first-order chi connectivity index (χ1) is 9.47. The van der Waals surface area contributed by atoms with Gasteiger partial charge in [-0.05, 0) is 24.6 Å². The molecular weight excluding hydrogens is 284 g/mol. The van der Waals surface area contributed by atoms with E-state index in [2.05, 4.69) is 4.98 Å². The number of nitro benzene ring substituents is 1. The Kier molecular flexibility index (Phi) is 4.16. The number of aliphatic hydroxyl groups excluding tert-OH is 1. The van der Waals surface area contributed by atoms with E-state index in [1.165, 1.54) is 30.5 Å². The quantitative estimate of drug-likeness (QED) is 0.689. The molecule has 0 amide bonds. The van der Waals surface area contributed by atoms with Crippen molar-refractivity contribution < 1.29 is 14.8 Å². The third kappa shape index (κ3) is 3.23. The maximum Gasteiger partial charge on any atom is 0.311 e. The lowest BCUT2D eigenvalue weighted by Crippen LogP contribution is -1.96. The molecule has 1 aromatic carbocycles. The summed E-state index contributed by atoms with van der Waals surface area (Å²) in [6, 6.07) is 7.18. The van der Waals surface area contributed by atoms with Gasteiger partial charge in [-0.15, -0.1) is 0 Å². The van der Waals surface area contributed by atoms with Crippen LogP contribution in [0.2, 0.25) is 5.02 Å².